The molecule has 1 aliphatic heterocycles. The lowest BCUT2D eigenvalue weighted by Gasteiger charge is -2.17. The average Bonchev–Trinajstić information content (AvgIpc) is 2.95. The van der Waals surface area contributed by atoms with E-state index in [-0.39, 0.29) is 23.9 Å². The summed E-state index contributed by atoms with van der Waals surface area (Å²) in [6, 6.07) is 9.98. The molecule has 1 heterocycles. The number of likely N-dealkylation sites (tertiary alicyclic amines) is 1. The largest absolute Gasteiger partial charge is 0.463 e. The third-order valence-corrected chi connectivity index (χ3v) is 3.70. The predicted molar refractivity (Wildman–Crippen MR) is 80.7 cm³/mol. The van der Waals surface area contributed by atoms with E-state index in [1.165, 1.54) is 5.56 Å². The summed E-state index contributed by atoms with van der Waals surface area (Å²) < 4.78 is 5.21. The van der Waals surface area contributed by atoms with Crippen LogP contribution in [0.4, 0.5) is 0 Å². The van der Waals surface area contributed by atoms with E-state index in [0.717, 1.165) is 6.42 Å². The summed E-state index contributed by atoms with van der Waals surface area (Å²) in [7, 11) is 0. The first-order chi connectivity index (χ1) is 10.1. The molecular formula is C17H23NO3. The summed E-state index contributed by atoms with van der Waals surface area (Å²) in [6.07, 6.45) is 1.86. The van der Waals surface area contributed by atoms with Gasteiger partial charge in [-0.05, 0) is 32.3 Å². The van der Waals surface area contributed by atoms with Crippen molar-refractivity contribution in [1.82, 2.24) is 4.90 Å². The molecule has 1 amide bonds. The van der Waals surface area contributed by atoms with Gasteiger partial charge in [0.2, 0.25) is 5.91 Å². The fourth-order valence-electron chi connectivity index (χ4n) is 2.56. The minimum Gasteiger partial charge on any atom is -0.463 e. The smallest absolute Gasteiger partial charge is 0.311 e. The standard InChI is InChI=1S/C17H23NO3/c1-13(2)21-17(20)15-10-11-18(12-15)16(19)9-8-14-6-4-3-5-7-14/h3-7,13,15H,8-12H2,1-2H3. The highest BCUT2D eigenvalue weighted by Crippen LogP contribution is 2.19. The fourth-order valence-corrected chi connectivity index (χ4v) is 2.56. The lowest BCUT2D eigenvalue weighted by atomic mass is 10.1. The maximum atomic E-state index is 12.2. The minimum atomic E-state index is -0.177. The summed E-state index contributed by atoms with van der Waals surface area (Å²) in [4.78, 5) is 25.8. The molecule has 1 saturated heterocycles. The number of ether oxygens (including phenoxy) is 1. The molecule has 0 aliphatic carbocycles. The number of esters is 1. The molecule has 1 unspecified atom stereocenters. The molecule has 1 aromatic carbocycles. The monoisotopic (exact) mass is 289 g/mol. The van der Waals surface area contributed by atoms with Crippen LogP contribution in [0.5, 0.6) is 0 Å². The minimum absolute atomic E-state index is 0.0969. The predicted octanol–water partition coefficient (Wildman–Crippen LogP) is 2.42. The van der Waals surface area contributed by atoms with Crippen molar-refractivity contribution < 1.29 is 14.3 Å². The lowest BCUT2D eigenvalue weighted by Crippen LogP contribution is -2.31. The molecule has 21 heavy (non-hydrogen) atoms. The van der Waals surface area contributed by atoms with Gasteiger partial charge in [-0.3, -0.25) is 9.59 Å². The van der Waals surface area contributed by atoms with E-state index < -0.39 is 0 Å². The summed E-state index contributed by atoms with van der Waals surface area (Å²) in [5, 5.41) is 0. The van der Waals surface area contributed by atoms with E-state index in [1.807, 2.05) is 44.2 Å². The molecule has 2 rings (SSSR count). The normalized spacial score (nSPS) is 18.0. The van der Waals surface area contributed by atoms with E-state index in [0.29, 0.717) is 25.9 Å². The Balaban J connectivity index is 1.78. The second-order valence-electron chi connectivity index (χ2n) is 5.80. The van der Waals surface area contributed by atoms with Crippen LogP contribution >= 0.6 is 0 Å². The molecule has 114 valence electrons. The van der Waals surface area contributed by atoms with Gasteiger partial charge in [-0.1, -0.05) is 30.3 Å². The second-order valence-corrected chi connectivity index (χ2v) is 5.80. The second kappa shape index (κ2) is 7.25. The molecule has 4 nitrogen and oxygen atoms in total. The first-order valence-electron chi connectivity index (χ1n) is 7.58. The number of carbonyl (C=O) groups is 2. The number of carbonyl (C=O) groups excluding carboxylic acids is 2. The number of amides is 1. The van der Waals surface area contributed by atoms with Crippen LogP contribution in [0, 0.1) is 5.92 Å². The van der Waals surface area contributed by atoms with Gasteiger partial charge >= 0.3 is 5.97 Å². The van der Waals surface area contributed by atoms with Crippen molar-refractivity contribution in [3.63, 3.8) is 0 Å². The van der Waals surface area contributed by atoms with E-state index >= 15 is 0 Å². The van der Waals surface area contributed by atoms with Gasteiger partial charge in [0.15, 0.2) is 0 Å². The van der Waals surface area contributed by atoms with Crippen molar-refractivity contribution >= 4 is 11.9 Å². The Morgan fingerprint density at radius 1 is 1.29 bits per heavy atom. The summed E-state index contributed by atoms with van der Waals surface area (Å²) in [6.45, 7) is 4.84. The highest BCUT2D eigenvalue weighted by molar-refractivity contribution is 5.79. The zero-order valence-electron chi connectivity index (χ0n) is 12.7. The van der Waals surface area contributed by atoms with Crippen LogP contribution in [0.3, 0.4) is 0 Å². The highest BCUT2D eigenvalue weighted by Gasteiger charge is 2.32. The van der Waals surface area contributed by atoms with Crippen molar-refractivity contribution in [3.05, 3.63) is 35.9 Å². The molecular weight excluding hydrogens is 266 g/mol. The van der Waals surface area contributed by atoms with Gasteiger partial charge in [0.1, 0.15) is 0 Å². The van der Waals surface area contributed by atoms with Gasteiger partial charge in [-0.25, -0.2) is 0 Å². The lowest BCUT2D eigenvalue weighted by molar-refractivity contribution is -0.152. The molecule has 1 aromatic rings. The van der Waals surface area contributed by atoms with Crippen LogP contribution in [0.1, 0.15) is 32.3 Å². The third kappa shape index (κ3) is 4.59. The number of rotatable bonds is 5. The number of benzene rings is 1. The van der Waals surface area contributed by atoms with Crippen molar-refractivity contribution in [2.45, 2.75) is 39.2 Å². The molecule has 1 aliphatic rings. The van der Waals surface area contributed by atoms with Crippen LogP contribution in [0.15, 0.2) is 30.3 Å². The van der Waals surface area contributed by atoms with Gasteiger partial charge in [0.05, 0.1) is 12.0 Å². The van der Waals surface area contributed by atoms with Crippen molar-refractivity contribution in [2.75, 3.05) is 13.1 Å². The van der Waals surface area contributed by atoms with Gasteiger partial charge in [0.25, 0.3) is 0 Å². The zero-order chi connectivity index (χ0) is 15.2. The highest BCUT2D eigenvalue weighted by atomic mass is 16.5. The third-order valence-electron chi connectivity index (χ3n) is 3.70. The summed E-state index contributed by atoms with van der Waals surface area (Å²) in [5.74, 6) is -0.213. The van der Waals surface area contributed by atoms with Crippen LogP contribution in [-0.4, -0.2) is 36.0 Å². The first-order valence-corrected chi connectivity index (χ1v) is 7.58. The number of nitrogens with zero attached hydrogens (tertiary/aromatic N) is 1. The van der Waals surface area contributed by atoms with Crippen LogP contribution in [0.2, 0.25) is 0 Å². The van der Waals surface area contributed by atoms with Gasteiger partial charge < -0.3 is 9.64 Å². The van der Waals surface area contributed by atoms with Crippen LogP contribution in [-0.2, 0) is 20.7 Å². The molecule has 0 bridgehead atoms. The van der Waals surface area contributed by atoms with Crippen molar-refractivity contribution in [1.29, 1.82) is 0 Å². The molecule has 0 saturated carbocycles. The summed E-state index contributed by atoms with van der Waals surface area (Å²) in [5.41, 5.74) is 1.17. The molecule has 0 spiro atoms. The van der Waals surface area contributed by atoms with E-state index in [1.54, 1.807) is 4.90 Å². The first kappa shape index (κ1) is 15.5. The van der Waals surface area contributed by atoms with Crippen molar-refractivity contribution in [2.24, 2.45) is 5.92 Å². The van der Waals surface area contributed by atoms with Crippen LogP contribution in [0.25, 0.3) is 0 Å². The SMILES string of the molecule is CC(C)OC(=O)C1CCN(C(=O)CCc2ccccc2)C1. The maximum Gasteiger partial charge on any atom is 0.311 e. The quantitative estimate of drug-likeness (QED) is 0.782. The van der Waals surface area contributed by atoms with Gasteiger partial charge in [-0.2, -0.15) is 0 Å². The number of hydrogen-bond acceptors (Lipinski definition) is 3. The Hall–Kier alpha value is -1.84. The topological polar surface area (TPSA) is 46.6 Å². The number of aryl methyl sites for hydroxylation is 1. The average molecular weight is 289 g/mol. The fraction of sp³-hybridized carbons (Fsp3) is 0.529. The Labute approximate surface area is 126 Å². The molecule has 0 N–H and O–H groups in total. The van der Waals surface area contributed by atoms with Crippen molar-refractivity contribution in [3.8, 4) is 0 Å². The zero-order valence-corrected chi connectivity index (χ0v) is 12.7. The molecule has 4 heteroatoms. The Bertz CT molecular complexity index is 484. The summed E-state index contributed by atoms with van der Waals surface area (Å²) >= 11 is 0. The molecule has 0 aromatic heterocycles. The van der Waals surface area contributed by atoms with E-state index in [4.69, 9.17) is 4.74 Å². The van der Waals surface area contributed by atoms with Crippen LogP contribution < -0.4 is 0 Å². The van der Waals surface area contributed by atoms with E-state index in [9.17, 15) is 9.59 Å². The Morgan fingerprint density at radius 3 is 2.67 bits per heavy atom. The molecule has 1 fully saturated rings. The molecule has 0 radical (unpaired) electrons. The maximum absolute atomic E-state index is 12.2. The number of hydrogen-bond donors (Lipinski definition) is 0. The van der Waals surface area contributed by atoms with E-state index in [2.05, 4.69) is 0 Å². The Kier molecular flexibility index (Phi) is 5.37. The van der Waals surface area contributed by atoms with Gasteiger partial charge in [0, 0.05) is 19.5 Å². The Morgan fingerprint density at radius 2 is 2.00 bits per heavy atom. The van der Waals surface area contributed by atoms with Gasteiger partial charge in [-0.15, -0.1) is 0 Å². The molecule has 1 atom stereocenters.